The Hall–Kier alpha value is -4.70. The van der Waals surface area contributed by atoms with Gasteiger partial charge in [0.15, 0.2) is 0 Å². The summed E-state index contributed by atoms with van der Waals surface area (Å²) in [5.74, 6) is 0.0327. The third-order valence-corrected chi connectivity index (χ3v) is 5.39. The summed E-state index contributed by atoms with van der Waals surface area (Å²) >= 11 is 0. The van der Waals surface area contributed by atoms with E-state index in [0.717, 1.165) is 11.1 Å². The van der Waals surface area contributed by atoms with E-state index in [1.165, 1.54) is 0 Å². The highest BCUT2D eigenvalue weighted by Crippen LogP contribution is 2.30. The zero-order chi connectivity index (χ0) is 24.1. The number of ether oxygens (including phenoxy) is 1. The molecule has 0 atom stereocenters. The summed E-state index contributed by atoms with van der Waals surface area (Å²) in [6.07, 6.45) is 0. The van der Waals surface area contributed by atoms with E-state index in [4.69, 9.17) is 4.74 Å². The van der Waals surface area contributed by atoms with E-state index >= 15 is 0 Å². The molecule has 1 aliphatic heterocycles. The predicted molar refractivity (Wildman–Crippen MR) is 129 cm³/mol. The number of aliphatic imine (C=N–C) groups is 1. The highest BCUT2D eigenvalue weighted by atomic mass is 16.5. The highest BCUT2D eigenvalue weighted by Gasteiger charge is 2.27. The average molecular weight is 450 g/mol. The zero-order valence-electron chi connectivity index (χ0n) is 18.8. The third-order valence-electron chi connectivity index (χ3n) is 5.39. The van der Waals surface area contributed by atoms with Crippen LogP contribution in [0, 0.1) is 18.3 Å². The Bertz CT molecular complexity index is 1350. The number of aryl methyl sites for hydroxylation is 1. The Morgan fingerprint density at radius 2 is 1.65 bits per heavy atom. The second-order valence-electron chi connectivity index (χ2n) is 7.69. The molecule has 0 aliphatic carbocycles. The van der Waals surface area contributed by atoms with E-state index in [1.807, 2.05) is 37.3 Å². The van der Waals surface area contributed by atoms with Gasteiger partial charge in [-0.25, -0.2) is 4.99 Å². The third kappa shape index (κ3) is 4.71. The van der Waals surface area contributed by atoms with E-state index in [2.05, 4.69) is 15.6 Å². The van der Waals surface area contributed by atoms with Gasteiger partial charge in [-0.15, -0.1) is 0 Å². The molecule has 0 bridgehead atoms. The molecule has 0 saturated heterocycles. The molecule has 4 rings (SSSR count). The number of amidine groups is 1. The van der Waals surface area contributed by atoms with Gasteiger partial charge >= 0.3 is 0 Å². The molecule has 3 aromatic rings. The molecule has 0 unspecified atom stereocenters. The molecule has 1 heterocycles. The number of nitrogens with zero attached hydrogens (tertiary/aromatic N) is 2. The fraction of sp³-hybridized carbons (Fsp3) is 0.111. The monoisotopic (exact) mass is 450 g/mol. The van der Waals surface area contributed by atoms with Crippen molar-refractivity contribution < 1.29 is 14.3 Å². The van der Waals surface area contributed by atoms with Crippen LogP contribution in [0.15, 0.2) is 83.4 Å². The van der Waals surface area contributed by atoms with Crippen molar-refractivity contribution >= 4 is 23.3 Å². The lowest BCUT2D eigenvalue weighted by atomic mass is 10.0. The summed E-state index contributed by atoms with van der Waals surface area (Å²) in [4.78, 5) is 30.1. The molecule has 0 radical (unpaired) electrons. The van der Waals surface area contributed by atoms with E-state index < -0.39 is 5.91 Å². The standard InChI is InChI=1S/C27H22N4O3/c1-17-7-9-18(10-8-17)16-29-27(33)23(15-28)24-21-5-3-4-6-22(21)25(30-24)31-26(32)19-11-13-20(34-2)14-12-19/h3-14H,16H2,1-2H3,(H,29,33)(H,30,31,32). The molecule has 3 aromatic carbocycles. The van der Waals surface area contributed by atoms with Crippen LogP contribution in [0.3, 0.4) is 0 Å². The number of hydrogen-bond acceptors (Lipinski definition) is 5. The van der Waals surface area contributed by atoms with Crippen LogP contribution in [0.5, 0.6) is 5.75 Å². The van der Waals surface area contributed by atoms with Gasteiger partial charge in [-0.05, 0) is 36.8 Å². The number of methoxy groups -OCH3 is 1. The lowest BCUT2D eigenvalue weighted by Crippen LogP contribution is -2.30. The van der Waals surface area contributed by atoms with E-state index in [1.54, 1.807) is 55.6 Å². The van der Waals surface area contributed by atoms with Crippen molar-refractivity contribution in [2.24, 2.45) is 4.99 Å². The van der Waals surface area contributed by atoms with Crippen LogP contribution in [0.2, 0.25) is 0 Å². The Labute approximate surface area is 197 Å². The number of benzene rings is 3. The Morgan fingerprint density at radius 1 is 0.971 bits per heavy atom. The second kappa shape index (κ2) is 9.84. The molecule has 7 heteroatoms. The van der Waals surface area contributed by atoms with Crippen molar-refractivity contribution in [3.8, 4) is 11.8 Å². The van der Waals surface area contributed by atoms with Gasteiger partial charge in [0.25, 0.3) is 11.8 Å². The molecule has 0 fully saturated rings. The first-order valence-electron chi connectivity index (χ1n) is 10.6. The van der Waals surface area contributed by atoms with Gasteiger partial charge < -0.3 is 15.4 Å². The van der Waals surface area contributed by atoms with Crippen LogP contribution < -0.4 is 15.4 Å². The van der Waals surface area contributed by atoms with Crippen molar-refractivity contribution in [1.29, 1.82) is 5.26 Å². The molecule has 0 aromatic heterocycles. The summed E-state index contributed by atoms with van der Waals surface area (Å²) in [5.41, 5.74) is 3.82. The normalized spacial score (nSPS) is 13.3. The number of amides is 2. The number of nitriles is 1. The van der Waals surface area contributed by atoms with Gasteiger partial charge in [0.2, 0.25) is 0 Å². The van der Waals surface area contributed by atoms with E-state index in [0.29, 0.717) is 22.4 Å². The first-order chi connectivity index (χ1) is 16.5. The van der Waals surface area contributed by atoms with Crippen molar-refractivity contribution in [3.05, 3.63) is 106 Å². The molecular formula is C27H22N4O3. The molecule has 168 valence electrons. The summed E-state index contributed by atoms with van der Waals surface area (Å²) in [6, 6.07) is 23.6. The van der Waals surface area contributed by atoms with E-state index in [9.17, 15) is 14.9 Å². The lowest BCUT2D eigenvalue weighted by molar-refractivity contribution is -0.117. The minimum Gasteiger partial charge on any atom is -0.497 e. The number of fused-ring (bicyclic) bond motifs is 1. The first kappa shape index (κ1) is 22.5. The van der Waals surface area contributed by atoms with Crippen molar-refractivity contribution in [1.82, 2.24) is 10.6 Å². The average Bonchev–Trinajstić information content (AvgIpc) is 3.22. The molecule has 0 spiro atoms. The molecule has 0 saturated carbocycles. The quantitative estimate of drug-likeness (QED) is 0.456. The molecule has 7 nitrogen and oxygen atoms in total. The van der Waals surface area contributed by atoms with Crippen LogP contribution >= 0.6 is 0 Å². The number of nitrogens with one attached hydrogen (secondary N) is 2. The van der Waals surface area contributed by atoms with Gasteiger partial charge in [0.05, 0.1) is 12.8 Å². The number of hydrogen-bond donors (Lipinski definition) is 2. The minimum absolute atomic E-state index is 0.117. The van der Waals surface area contributed by atoms with Crippen LogP contribution in [0.4, 0.5) is 0 Å². The van der Waals surface area contributed by atoms with Crippen LogP contribution in [-0.2, 0) is 11.3 Å². The topological polar surface area (TPSA) is 104 Å². The van der Waals surface area contributed by atoms with Crippen molar-refractivity contribution in [2.75, 3.05) is 7.11 Å². The maximum atomic E-state index is 12.9. The van der Waals surface area contributed by atoms with Gasteiger partial charge in [-0.2, -0.15) is 5.26 Å². The minimum atomic E-state index is -0.528. The number of carbonyl (C=O) groups excluding carboxylic acids is 2. The van der Waals surface area contributed by atoms with Gasteiger partial charge in [0.1, 0.15) is 23.2 Å². The van der Waals surface area contributed by atoms with Crippen LogP contribution in [-0.4, -0.2) is 24.8 Å². The predicted octanol–water partition coefficient (Wildman–Crippen LogP) is 3.74. The fourth-order valence-electron chi connectivity index (χ4n) is 3.52. The van der Waals surface area contributed by atoms with Crippen molar-refractivity contribution in [3.63, 3.8) is 0 Å². The van der Waals surface area contributed by atoms with Crippen LogP contribution in [0.1, 0.15) is 32.6 Å². The molecule has 2 N–H and O–H groups in total. The smallest absolute Gasteiger partial charge is 0.264 e. The molecule has 2 amide bonds. The maximum Gasteiger partial charge on any atom is 0.264 e. The number of carbonyl (C=O) groups is 2. The van der Waals surface area contributed by atoms with Gasteiger partial charge in [-0.1, -0.05) is 54.1 Å². The van der Waals surface area contributed by atoms with Crippen LogP contribution in [0.25, 0.3) is 5.70 Å². The Morgan fingerprint density at radius 3 is 2.29 bits per heavy atom. The fourth-order valence-corrected chi connectivity index (χ4v) is 3.52. The molecule has 1 aliphatic rings. The Balaban J connectivity index is 1.60. The lowest BCUT2D eigenvalue weighted by Gasteiger charge is -2.07. The van der Waals surface area contributed by atoms with E-state index in [-0.39, 0.29) is 29.6 Å². The summed E-state index contributed by atoms with van der Waals surface area (Å²) in [7, 11) is 1.55. The maximum absolute atomic E-state index is 12.9. The summed E-state index contributed by atoms with van der Waals surface area (Å²) in [5, 5.41) is 15.4. The first-order valence-corrected chi connectivity index (χ1v) is 10.6. The van der Waals surface area contributed by atoms with Gasteiger partial charge in [0, 0.05) is 23.2 Å². The Kier molecular flexibility index (Phi) is 6.51. The largest absolute Gasteiger partial charge is 0.497 e. The molecular weight excluding hydrogens is 428 g/mol. The summed E-state index contributed by atoms with van der Waals surface area (Å²) in [6.45, 7) is 2.27. The summed E-state index contributed by atoms with van der Waals surface area (Å²) < 4.78 is 5.13. The van der Waals surface area contributed by atoms with Crippen molar-refractivity contribution in [2.45, 2.75) is 13.5 Å². The zero-order valence-corrected chi connectivity index (χ0v) is 18.8. The SMILES string of the molecule is COc1ccc(C(=O)NC2=NC(=C(C#N)C(=O)NCc3ccc(C)cc3)c3ccccc32)cc1. The van der Waals surface area contributed by atoms with Gasteiger partial charge in [-0.3, -0.25) is 9.59 Å². The second-order valence-corrected chi connectivity index (χ2v) is 7.69. The number of rotatable bonds is 5. The molecule has 34 heavy (non-hydrogen) atoms. The highest BCUT2D eigenvalue weighted by molar-refractivity contribution is 6.20.